The molecule has 0 aliphatic heterocycles. The highest BCUT2D eigenvalue weighted by atomic mass is 35.5. The van der Waals surface area contributed by atoms with E-state index in [1.165, 1.54) is 0 Å². The molecule has 0 radical (unpaired) electrons. The molecule has 0 spiro atoms. The molecule has 0 bridgehead atoms. The number of carboxylic acids is 1. The molecular formula is C13H15ClN4O2. The number of carbonyl (C=O) groups is 1. The maximum absolute atomic E-state index is 10.9. The first kappa shape index (κ1) is 14.5. The van der Waals surface area contributed by atoms with Crippen molar-refractivity contribution in [2.75, 3.05) is 0 Å². The molecule has 0 amide bonds. The molecule has 1 N–H and O–H groups in total. The van der Waals surface area contributed by atoms with Crippen LogP contribution in [0.3, 0.4) is 0 Å². The van der Waals surface area contributed by atoms with Crippen LogP contribution in [0.25, 0.3) is 11.4 Å². The smallest absolute Gasteiger partial charge is 0.305 e. The highest BCUT2D eigenvalue weighted by Gasteiger charge is 2.20. The van der Waals surface area contributed by atoms with Crippen molar-refractivity contribution in [1.82, 2.24) is 20.2 Å². The summed E-state index contributed by atoms with van der Waals surface area (Å²) < 4.78 is 1.57. The van der Waals surface area contributed by atoms with E-state index in [0.29, 0.717) is 17.3 Å². The maximum atomic E-state index is 10.9. The summed E-state index contributed by atoms with van der Waals surface area (Å²) in [6.07, 6.45) is 0.623. The number of hydrogen-bond donors (Lipinski definition) is 1. The Morgan fingerprint density at radius 3 is 2.85 bits per heavy atom. The van der Waals surface area contributed by atoms with Crippen LogP contribution in [-0.2, 0) is 4.79 Å². The number of rotatable bonds is 5. The van der Waals surface area contributed by atoms with Gasteiger partial charge in [-0.15, -0.1) is 5.10 Å². The Morgan fingerprint density at radius 2 is 2.25 bits per heavy atom. The zero-order valence-electron chi connectivity index (χ0n) is 11.2. The van der Waals surface area contributed by atoms with E-state index in [9.17, 15) is 4.79 Å². The largest absolute Gasteiger partial charge is 0.481 e. The van der Waals surface area contributed by atoms with Crippen molar-refractivity contribution in [2.45, 2.75) is 32.7 Å². The molecule has 1 unspecified atom stereocenters. The number of hydrogen-bond acceptors (Lipinski definition) is 4. The van der Waals surface area contributed by atoms with Gasteiger partial charge in [0.1, 0.15) is 0 Å². The summed E-state index contributed by atoms with van der Waals surface area (Å²) in [6.45, 7) is 3.83. The fraction of sp³-hybridized carbons (Fsp3) is 0.385. The van der Waals surface area contributed by atoms with Gasteiger partial charge in [0.15, 0.2) is 5.82 Å². The van der Waals surface area contributed by atoms with E-state index < -0.39 is 5.97 Å². The number of aromatic nitrogens is 4. The molecule has 20 heavy (non-hydrogen) atoms. The second-order valence-corrected chi connectivity index (χ2v) is 5.00. The van der Waals surface area contributed by atoms with Crippen molar-refractivity contribution >= 4 is 17.6 Å². The predicted octanol–water partition coefficient (Wildman–Crippen LogP) is 2.73. The lowest BCUT2D eigenvalue weighted by Gasteiger charge is -2.15. The third kappa shape index (κ3) is 2.96. The third-order valence-corrected chi connectivity index (χ3v) is 3.38. The number of aliphatic carboxylic acids is 1. The molecule has 1 aromatic carbocycles. The summed E-state index contributed by atoms with van der Waals surface area (Å²) in [6, 6.07) is 5.16. The summed E-state index contributed by atoms with van der Waals surface area (Å²) in [5.41, 5.74) is 1.79. The van der Waals surface area contributed by atoms with Gasteiger partial charge < -0.3 is 5.11 Å². The molecule has 1 aromatic heterocycles. The number of carboxylic acid groups (broad SMARTS) is 1. The average Bonchev–Trinajstić information content (AvgIpc) is 2.84. The van der Waals surface area contributed by atoms with Gasteiger partial charge in [0, 0.05) is 10.6 Å². The van der Waals surface area contributed by atoms with Gasteiger partial charge in [-0.3, -0.25) is 4.79 Å². The number of benzene rings is 1. The fourth-order valence-corrected chi connectivity index (χ4v) is 2.33. The minimum atomic E-state index is -0.869. The first-order valence-corrected chi connectivity index (χ1v) is 6.67. The molecular weight excluding hydrogens is 280 g/mol. The zero-order chi connectivity index (χ0) is 14.7. The summed E-state index contributed by atoms with van der Waals surface area (Å²) in [5, 5.41) is 21.2. The van der Waals surface area contributed by atoms with Crippen molar-refractivity contribution in [1.29, 1.82) is 0 Å². The molecule has 6 nitrogen and oxygen atoms in total. The van der Waals surface area contributed by atoms with Crippen LogP contribution < -0.4 is 0 Å². The van der Waals surface area contributed by atoms with Crippen molar-refractivity contribution in [3.05, 3.63) is 28.8 Å². The Kier molecular flexibility index (Phi) is 4.34. The van der Waals surface area contributed by atoms with Gasteiger partial charge >= 0.3 is 5.97 Å². The van der Waals surface area contributed by atoms with Gasteiger partial charge in [0.2, 0.25) is 0 Å². The lowest BCUT2D eigenvalue weighted by Crippen LogP contribution is -2.15. The van der Waals surface area contributed by atoms with Crippen molar-refractivity contribution in [3.8, 4) is 11.4 Å². The monoisotopic (exact) mass is 294 g/mol. The molecule has 2 aromatic rings. The molecule has 0 fully saturated rings. The number of tetrazole rings is 1. The van der Waals surface area contributed by atoms with Crippen molar-refractivity contribution in [3.63, 3.8) is 0 Å². The highest BCUT2D eigenvalue weighted by Crippen LogP contribution is 2.27. The normalized spacial score (nSPS) is 12.3. The fourth-order valence-electron chi connectivity index (χ4n) is 2.10. The topological polar surface area (TPSA) is 80.9 Å². The Balaban J connectivity index is 2.43. The SMILES string of the molecule is CCC(CC(=O)O)n1nnnc1-c1ccc(Cl)cc1C. The molecule has 7 heteroatoms. The first-order chi connectivity index (χ1) is 9.52. The Bertz CT molecular complexity index is 627. The molecule has 0 aliphatic carbocycles. The summed E-state index contributed by atoms with van der Waals surface area (Å²) in [4.78, 5) is 10.9. The van der Waals surface area contributed by atoms with E-state index in [2.05, 4.69) is 15.5 Å². The Labute approximate surface area is 121 Å². The predicted molar refractivity (Wildman–Crippen MR) is 74.6 cm³/mol. The van der Waals surface area contributed by atoms with E-state index in [-0.39, 0.29) is 12.5 Å². The average molecular weight is 295 g/mol. The third-order valence-electron chi connectivity index (χ3n) is 3.15. The second-order valence-electron chi connectivity index (χ2n) is 4.57. The van der Waals surface area contributed by atoms with E-state index in [1.807, 2.05) is 26.0 Å². The Morgan fingerprint density at radius 1 is 1.50 bits per heavy atom. The number of aryl methyl sites for hydroxylation is 1. The lowest BCUT2D eigenvalue weighted by molar-refractivity contribution is -0.138. The number of nitrogens with zero attached hydrogens (tertiary/aromatic N) is 4. The van der Waals surface area contributed by atoms with Gasteiger partial charge in [-0.25, -0.2) is 4.68 Å². The minimum Gasteiger partial charge on any atom is -0.481 e. The highest BCUT2D eigenvalue weighted by molar-refractivity contribution is 6.30. The van der Waals surface area contributed by atoms with E-state index in [4.69, 9.17) is 16.7 Å². The van der Waals surface area contributed by atoms with Crippen LogP contribution in [0.4, 0.5) is 0 Å². The van der Waals surface area contributed by atoms with Crippen LogP contribution in [0, 0.1) is 6.92 Å². The minimum absolute atomic E-state index is 0.0127. The van der Waals surface area contributed by atoms with E-state index in [0.717, 1.165) is 11.1 Å². The summed E-state index contributed by atoms with van der Waals surface area (Å²) in [7, 11) is 0. The molecule has 106 valence electrons. The molecule has 0 saturated heterocycles. The van der Waals surface area contributed by atoms with Crippen LogP contribution in [0.2, 0.25) is 5.02 Å². The van der Waals surface area contributed by atoms with Gasteiger partial charge in [0.25, 0.3) is 0 Å². The lowest BCUT2D eigenvalue weighted by atomic mass is 10.1. The van der Waals surface area contributed by atoms with Gasteiger partial charge in [-0.2, -0.15) is 0 Å². The maximum Gasteiger partial charge on any atom is 0.305 e. The zero-order valence-corrected chi connectivity index (χ0v) is 12.0. The van der Waals surface area contributed by atoms with Crippen LogP contribution in [-0.4, -0.2) is 31.3 Å². The molecule has 1 heterocycles. The van der Waals surface area contributed by atoms with Gasteiger partial charge in [-0.1, -0.05) is 18.5 Å². The summed E-state index contributed by atoms with van der Waals surface area (Å²) >= 11 is 5.94. The molecule has 2 rings (SSSR count). The van der Waals surface area contributed by atoms with Gasteiger partial charge in [0.05, 0.1) is 12.5 Å². The van der Waals surface area contributed by atoms with Crippen LogP contribution in [0.15, 0.2) is 18.2 Å². The van der Waals surface area contributed by atoms with Crippen molar-refractivity contribution < 1.29 is 9.90 Å². The first-order valence-electron chi connectivity index (χ1n) is 6.29. The quantitative estimate of drug-likeness (QED) is 0.917. The molecule has 1 atom stereocenters. The van der Waals surface area contributed by atoms with Gasteiger partial charge in [-0.05, 0) is 47.5 Å². The van der Waals surface area contributed by atoms with Crippen LogP contribution in [0.5, 0.6) is 0 Å². The van der Waals surface area contributed by atoms with Crippen LogP contribution >= 0.6 is 11.6 Å². The molecule has 0 aliphatic rings. The van der Waals surface area contributed by atoms with E-state index in [1.54, 1.807) is 10.7 Å². The van der Waals surface area contributed by atoms with E-state index >= 15 is 0 Å². The summed E-state index contributed by atoms with van der Waals surface area (Å²) in [5.74, 6) is -0.307. The molecule has 0 saturated carbocycles. The number of halogens is 1. The van der Waals surface area contributed by atoms with Crippen LogP contribution in [0.1, 0.15) is 31.4 Å². The Hall–Kier alpha value is -1.95. The van der Waals surface area contributed by atoms with Crippen molar-refractivity contribution in [2.24, 2.45) is 0 Å². The second kappa shape index (κ2) is 6.00. The standard InChI is InChI=1S/C13H15ClN4O2/c1-3-10(7-12(19)20)18-13(15-16-17-18)11-5-4-9(14)6-8(11)2/h4-6,10H,3,7H2,1-2H3,(H,19,20).